The third-order valence-corrected chi connectivity index (χ3v) is 4.77. The van der Waals surface area contributed by atoms with Crippen LogP contribution in [0.5, 0.6) is 5.88 Å². The standard InChI is InChI=1S/C20H23FN4O2/c1-13-6-7-16-17(8-13)24-19(23-16)12-27-18-11-25(10-15(18)21)9-14-4-3-5-20(22-14)26-2/h3-8,15,18H,9-12H2,1-2H3,(H,23,24)/t15-,18+/m1/s1. The van der Waals surface area contributed by atoms with Crippen molar-refractivity contribution in [2.75, 3.05) is 20.2 Å². The van der Waals surface area contributed by atoms with E-state index in [0.717, 1.165) is 22.6 Å². The molecule has 0 bridgehead atoms. The average molecular weight is 370 g/mol. The Balaban J connectivity index is 1.35. The van der Waals surface area contributed by atoms with Crippen LogP contribution in [0.2, 0.25) is 0 Å². The van der Waals surface area contributed by atoms with Crippen molar-refractivity contribution < 1.29 is 13.9 Å². The second kappa shape index (κ2) is 7.62. The second-order valence-corrected chi connectivity index (χ2v) is 6.93. The van der Waals surface area contributed by atoms with Crippen LogP contribution in [0.25, 0.3) is 11.0 Å². The van der Waals surface area contributed by atoms with E-state index in [9.17, 15) is 4.39 Å². The topological polar surface area (TPSA) is 63.3 Å². The Morgan fingerprint density at radius 3 is 2.96 bits per heavy atom. The molecule has 0 spiro atoms. The summed E-state index contributed by atoms with van der Waals surface area (Å²) in [7, 11) is 1.59. The molecule has 1 aromatic carbocycles. The molecule has 4 rings (SSSR count). The molecule has 27 heavy (non-hydrogen) atoms. The van der Waals surface area contributed by atoms with Crippen molar-refractivity contribution in [1.82, 2.24) is 19.9 Å². The number of alkyl halides is 1. The van der Waals surface area contributed by atoms with Gasteiger partial charge in [0.05, 0.1) is 23.8 Å². The van der Waals surface area contributed by atoms with Crippen LogP contribution in [0.15, 0.2) is 36.4 Å². The number of hydrogen-bond acceptors (Lipinski definition) is 5. The van der Waals surface area contributed by atoms with Crippen molar-refractivity contribution >= 4 is 11.0 Å². The van der Waals surface area contributed by atoms with Gasteiger partial charge in [0.15, 0.2) is 0 Å². The maximum Gasteiger partial charge on any atom is 0.213 e. The van der Waals surface area contributed by atoms with Crippen LogP contribution >= 0.6 is 0 Å². The fourth-order valence-corrected chi connectivity index (χ4v) is 3.41. The van der Waals surface area contributed by atoms with E-state index in [0.29, 0.717) is 25.5 Å². The van der Waals surface area contributed by atoms with Crippen LogP contribution in [0.4, 0.5) is 4.39 Å². The summed E-state index contributed by atoms with van der Waals surface area (Å²) >= 11 is 0. The van der Waals surface area contributed by atoms with E-state index >= 15 is 0 Å². The summed E-state index contributed by atoms with van der Waals surface area (Å²) in [4.78, 5) is 14.1. The summed E-state index contributed by atoms with van der Waals surface area (Å²) in [6.45, 7) is 3.74. The molecule has 7 heteroatoms. The summed E-state index contributed by atoms with van der Waals surface area (Å²) in [5.74, 6) is 1.28. The number of nitrogens with zero attached hydrogens (tertiary/aromatic N) is 3. The first-order valence-electron chi connectivity index (χ1n) is 9.04. The molecule has 1 aliphatic heterocycles. The van der Waals surface area contributed by atoms with Gasteiger partial charge in [-0.2, -0.15) is 0 Å². The molecule has 1 aliphatic rings. The van der Waals surface area contributed by atoms with Crippen molar-refractivity contribution in [3.63, 3.8) is 0 Å². The van der Waals surface area contributed by atoms with E-state index in [1.165, 1.54) is 5.56 Å². The van der Waals surface area contributed by atoms with E-state index in [-0.39, 0.29) is 6.61 Å². The molecule has 3 aromatic rings. The number of aromatic nitrogens is 3. The maximum atomic E-state index is 14.4. The molecule has 3 heterocycles. The summed E-state index contributed by atoms with van der Waals surface area (Å²) < 4.78 is 25.4. The quantitative estimate of drug-likeness (QED) is 0.723. The lowest BCUT2D eigenvalue weighted by molar-refractivity contribution is 0.00861. The highest BCUT2D eigenvalue weighted by Crippen LogP contribution is 2.21. The minimum atomic E-state index is -1.03. The van der Waals surface area contributed by atoms with Gasteiger partial charge in [-0.15, -0.1) is 0 Å². The van der Waals surface area contributed by atoms with Gasteiger partial charge in [-0.25, -0.2) is 14.4 Å². The molecule has 2 aromatic heterocycles. The Hall–Kier alpha value is -2.51. The van der Waals surface area contributed by atoms with Crippen molar-refractivity contribution in [3.8, 4) is 5.88 Å². The van der Waals surface area contributed by atoms with Gasteiger partial charge < -0.3 is 14.5 Å². The molecular weight excluding hydrogens is 347 g/mol. The molecule has 1 saturated heterocycles. The predicted octanol–water partition coefficient (Wildman–Crippen LogP) is 3.01. The summed E-state index contributed by atoms with van der Waals surface area (Å²) in [6, 6.07) is 11.6. The molecule has 0 amide bonds. The number of methoxy groups -OCH3 is 1. The smallest absolute Gasteiger partial charge is 0.213 e. The van der Waals surface area contributed by atoms with Gasteiger partial charge in [0.1, 0.15) is 24.7 Å². The molecule has 0 radical (unpaired) electrons. The zero-order chi connectivity index (χ0) is 18.8. The summed E-state index contributed by atoms with van der Waals surface area (Å²) in [5, 5.41) is 0. The number of aryl methyl sites for hydroxylation is 1. The number of fused-ring (bicyclic) bond motifs is 1. The van der Waals surface area contributed by atoms with Crippen LogP contribution in [0, 0.1) is 6.92 Å². The van der Waals surface area contributed by atoms with Gasteiger partial charge in [0.25, 0.3) is 0 Å². The van der Waals surface area contributed by atoms with Gasteiger partial charge in [-0.3, -0.25) is 4.90 Å². The minimum Gasteiger partial charge on any atom is -0.481 e. The predicted molar refractivity (Wildman–Crippen MR) is 100 cm³/mol. The molecule has 6 nitrogen and oxygen atoms in total. The van der Waals surface area contributed by atoms with Gasteiger partial charge in [-0.05, 0) is 30.7 Å². The van der Waals surface area contributed by atoms with E-state index < -0.39 is 12.3 Å². The largest absolute Gasteiger partial charge is 0.481 e. The lowest BCUT2D eigenvalue weighted by Crippen LogP contribution is -2.24. The molecule has 2 atom stereocenters. The molecule has 0 unspecified atom stereocenters. The van der Waals surface area contributed by atoms with Crippen molar-refractivity contribution in [2.24, 2.45) is 0 Å². The maximum absolute atomic E-state index is 14.4. The van der Waals surface area contributed by atoms with Gasteiger partial charge >= 0.3 is 0 Å². The Morgan fingerprint density at radius 1 is 1.22 bits per heavy atom. The van der Waals surface area contributed by atoms with E-state index in [1.807, 2.05) is 42.2 Å². The first kappa shape index (κ1) is 17.9. The molecule has 1 fully saturated rings. The van der Waals surface area contributed by atoms with Crippen LogP contribution < -0.4 is 4.74 Å². The van der Waals surface area contributed by atoms with E-state index in [2.05, 4.69) is 15.0 Å². The summed E-state index contributed by atoms with van der Waals surface area (Å²) in [5.41, 5.74) is 3.89. The number of hydrogen-bond donors (Lipinski definition) is 1. The molecule has 0 aliphatic carbocycles. The normalized spacial score (nSPS) is 20.4. The summed E-state index contributed by atoms with van der Waals surface area (Å²) in [6.07, 6.45) is -1.49. The monoisotopic (exact) mass is 370 g/mol. The lowest BCUT2D eigenvalue weighted by atomic mass is 10.2. The van der Waals surface area contributed by atoms with Crippen LogP contribution in [-0.2, 0) is 17.9 Å². The molecular formula is C20H23FN4O2. The Morgan fingerprint density at radius 2 is 2.11 bits per heavy atom. The Labute approximate surface area is 157 Å². The lowest BCUT2D eigenvalue weighted by Gasteiger charge is -2.15. The van der Waals surface area contributed by atoms with Crippen LogP contribution in [0.3, 0.4) is 0 Å². The number of likely N-dealkylation sites (tertiary alicyclic amines) is 1. The van der Waals surface area contributed by atoms with E-state index in [4.69, 9.17) is 9.47 Å². The highest BCUT2D eigenvalue weighted by atomic mass is 19.1. The number of imidazole rings is 1. The number of benzene rings is 1. The third kappa shape index (κ3) is 4.09. The highest BCUT2D eigenvalue weighted by Gasteiger charge is 2.34. The minimum absolute atomic E-state index is 0.268. The Kier molecular flexibility index (Phi) is 5.05. The van der Waals surface area contributed by atoms with E-state index in [1.54, 1.807) is 13.2 Å². The SMILES string of the molecule is COc1cccc(CN2C[C@@H](F)[C@@H](OCc3nc4ccc(C)cc4[nH]3)C2)n1. The number of pyridine rings is 1. The van der Waals surface area contributed by atoms with Gasteiger partial charge in [0, 0.05) is 25.7 Å². The van der Waals surface area contributed by atoms with Gasteiger partial charge in [-0.1, -0.05) is 12.1 Å². The number of ether oxygens (including phenoxy) is 2. The van der Waals surface area contributed by atoms with Crippen molar-refractivity contribution in [3.05, 3.63) is 53.5 Å². The molecule has 0 saturated carbocycles. The number of halogens is 1. The number of aromatic amines is 1. The first-order chi connectivity index (χ1) is 13.1. The zero-order valence-corrected chi connectivity index (χ0v) is 15.5. The number of H-pyrrole nitrogens is 1. The van der Waals surface area contributed by atoms with Gasteiger partial charge in [0.2, 0.25) is 5.88 Å². The number of rotatable bonds is 6. The second-order valence-electron chi connectivity index (χ2n) is 6.93. The first-order valence-corrected chi connectivity index (χ1v) is 9.04. The van der Waals surface area contributed by atoms with Crippen molar-refractivity contribution in [1.29, 1.82) is 0 Å². The Bertz CT molecular complexity index is 929. The van der Waals surface area contributed by atoms with Crippen LogP contribution in [0.1, 0.15) is 17.1 Å². The fraction of sp³-hybridized carbons (Fsp3) is 0.400. The van der Waals surface area contributed by atoms with Crippen molar-refractivity contribution in [2.45, 2.75) is 32.4 Å². The molecule has 142 valence electrons. The number of nitrogens with one attached hydrogen (secondary N) is 1. The highest BCUT2D eigenvalue weighted by molar-refractivity contribution is 5.75. The molecule has 1 N–H and O–H groups in total. The third-order valence-electron chi connectivity index (χ3n) is 4.77. The van der Waals surface area contributed by atoms with Crippen LogP contribution in [-0.4, -0.2) is 52.3 Å². The fourth-order valence-electron chi connectivity index (χ4n) is 3.41. The average Bonchev–Trinajstić information content (AvgIpc) is 3.22. The zero-order valence-electron chi connectivity index (χ0n) is 15.5.